The molecule has 0 amide bonds. The molecule has 0 saturated carbocycles. The molecule has 2 rings (SSSR count). The van der Waals surface area contributed by atoms with Crippen molar-refractivity contribution in [1.29, 1.82) is 0 Å². The Balaban J connectivity index is 2.44. The van der Waals surface area contributed by atoms with Gasteiger partial charge in [0, 0.05) is 15.7 Å². The van der Waals surface area contributed by atoms with Crippen molar-refractivity contribution < 1.29 is 5.48 Å². The first-order chi connectivity index (χ1) is 6.41. The number of nitrogens with zero attached hydrogens (tertiary/aromatic N) is 3. The lowest BCUT2D eigenvalue weighted by Crippen LogP contribution is -2.01. The van der Waals surface area contributed by atoms with Crippen molar-refractivity contribution in [2.45, 2.75) is 32.1 Å². The molecule has 1 aromatic rings. The highest BCUT2D eigenvalue weighted by atomic mass is 15.3. The Hall–Kier alpha value is -0.860. The van der Waals surface area contributed by atoms with Gasteiger partial charge in [-0.25, -0.2) is 4.98 Å². The van der Waals surface area contributed by atoms with E-state index in [1.54, 1.807) is 0 Å². The average Bonchev–Trinajstić information content (AvgIpc) is 2.46. The summed E-state index contributed by atoms with van der Waals surface area (Å²) < 4.78 is 31.9. The van der Waals surface area contributed by atoms with Gasteiger partial charge in [-0.1, -0.05) is 6.42 Å². The Morgan fingerprint density at radius 3 is 3.60 bits per heavy atom. The van der Waals surface area contributed by atoms with Gasteiger partial charge in [0.25, 0.3) is 0 Å². The van der Waals surface area contributed by atoms with Crippen LogP contribution in [0.5, 0.6) is 0 Å². The van der Waals surface area contributed by atoms with Crippen LogP contribution in [0.1, 0.15) is 30.5 Å². The fourth-order valence-corrected chi connectivity index (χ4v) is 0.968. The molecule has 2 heterocycles. The molecule has 0 fully saturated rings. The fourth-order valence-electron chi connectivity index (χ4n) is 0.968. The van der Waals surface area contributed by atoms with Gasteiger partial charge < -0.3 is 0 Å². The lowest BCUT2D eigenvalue weighted by atomic mass is 10.2. The van der Waals surface area contributed by atoms with E-state index in [1.807, 2.05) is 0 Å². The minimum absolute atomic E-state index is 0.131. The molecular formula is C7H11N3. The molecule has 1 aliphatic heterocycles. The quantitative estimate of drug-likeness (QED) is 0.539. The highest BCUT2D eigenvalue weighted by Crippen LogP contribution is 2.09. The summed E-state index contributed by atoms with van der Waals surface area (Å²) in [5, 5.41) is 3.80. The van der Waals surface area contributed by atoms with Crippen LogP contribution in [-0.2, 0) is 12.9 Å². The van der Waals surface area contributed by atoms with Gasteiger partial charge in [-0.05, 0) is 12.8 Å². The molecule has 0 radical (unpaired) electrons. The molecule has 10 heavy (non-hydrogen) atoms. The Kier molecular flexibility index (Phi) is 0.728. The summed E-state index contributed by atoms with van der Waals surface area (Å²) in [4.78, 5) is 3.88. The van der Waals surface area contributed by atoms with E-state index in [1.165, 1.54) is 11.0 Å². The Labute approximate surface area is 65.7 Å². The molecule has 0 N–H and O–H groups in total. The highest BCUT2D eigenvalue weighted by Gasteiger charge is 2.06. The van der Waals surface area contributed by atoms with E-state index in [9.17, 15) is 0 Å². The summed E-state index contributed by atoms with van der Waals surface area (Å²) in [6.45, 7) is -1.62. The molecule has 0 unspecified atom stereocenters. The van der Waals surface area contributed by atoms with Gasteiger partial charge in [-0.3, -0.25) is 4.68 Å². The zero-order chi connectivity index (χ0) is 10.4. The number of aromatic nitrogens is 3. The molecule has 1 aliphatic rings. The molecule has 0 aliphatic carbocycles. The van der Waals surface area contributed by atoms with Crippen molar-refractivity contribution in [3.63, 3.8) is 0 Å². The molecule has 0 spiro atoms. The van der Waals surface area contributed by atoms with E-state index in [0.29, 0.717) is 5.82 Å². The lowest BCUT2D eigenvalue weighted by Gasteiger charge is -1.96. The second kappa shape index (κ2) is 2.40. The van der Waals surface area contributed by atoms with Crippen LogP contribution in [0, 0.1) is 0 Å². The average molecular weight is 141 g/mol. The molecular weight excluding hydrogens is 126 g/mol. The van der Waals surface area contributed by atoms with Gasteiger partial charge in [-0.2, -0.15) is 5.10 Å². The molecule has 54 valence electrons. The van der Waals surface area contributed by atoms with Crippen LogP contribution < -0.4 is 0 Å². The maximum absolute atomic E-state index is 7.70. The standard InChI is InChI=1S/C7H11N3/c1-2-4-7-8-6-9-10(7)5-3-1/h6H,1-5H2/i2D2,5D2. The first-order valence-electron chi connectivity index (χ1n) is 5.30. The smallest absolute Gasteiger partial charge is 0.138 e. The summed E-state index contributed by atoms with van der Waals surface area (Å²) in [5.74, 6) is 0.387. The molecule has 3 nitrogen and oxygen atoms in total. The summed E-state index contributed by atoms with van der Waals surface area (Å²) in [6.07, 6.45) is 0.358. The maximum Gasteiger partial charge on any atom is 0.138 e. The van der Waals surface area contributed by atoms with Crippen LogP contribution in [0.2, 0.25) is 0 Å². The second-order valence-corrected chi connectivity index (χ2v) is 2.17. The largest absolute Gasteiger partial charge is 0.250 e. The van der Waals surface area contributed by atoms with Crippen LogP contribution >= 0.6 is 0 Å². The van der Waals surface area contributed by atoms with E-state index in [2.05, 4.69) is 10.1 Å². The van der Waals surface area contributed by atoms with Crippen molar-refractivity contribution in [1.82, 2.24) is 14.8 Å². The van der Waals surface area contributed by atoms with Gasteiger partial charge >= 0.3 is 0 Å². The first kappa shape index (κ1) is 3.03. The summed E-state index contributed by atoms with van der Waals surface area (Å²) >= 11 is 0. The zero-order valence-corrected chi connectivity index (χ0v) is 5.54. The SMILES string of the molecule is [2H]C1([2H])CCC([2H])([2H])n2ncnc2C1. The molecule has 0 atom stereocenters. The second-order valence-electron chi connectivity index (χ2n) is 2.17. The predicted molar refractivity (Wildman–Crippen MR) is 37.6 cm³/mol. The van der Waals surface area contributed by atoms with Gasteiger partial charge in [0.05, 0.1) is 2.74 Å². The third-order valence-electron chi connectivity index (χ3n) is 1.46. The monoisotopic (exact) mass is 141 g/mol. The number of fused-ring (bicyclic) bond motifs is 1. The van der Waals surface area contributed by atoms with E-state index in [4.69, 9.17) is 5.48 Å². The predicted octanol–water partition coefficient (Wildman–Crippen LogP) is 1.00. The van der Waals surface area contributed by atoms with Crippen molar-refractivity contribution in [2.24, 2.45) is 0 Å². The van der Waals surface area contributed by atoms with Crippen molar-refractivity contribution >= 4 is 0 Å². The van der Waals surface area contributed by atoms with E-state index in [-0.39, 0.29) is 19.3 Å². The number of aryl methyl sites for hydroxylation is 2. The van der Waals surface area contributed by atoms with Crippen molar-refractivity contribution in [3.8, 4) is 0 Å². The summed E-state index contributed by atoms with van der Waals surface area (Å²) in [5.41, 5.74) is 0. The van der Waals surface area contributed by atoms with E-state index in [0.717, 1.165) is 0 Å². The molecule has 0 bridgehead atoms. The minimum atomic E-state index is -1.62. The number of hydrogen-bond acceptors (Lipinski definition) is 2. The van der Waals surface area contributed by atoms with Crippen LogP contribution in [0.25, 0.3) is 0 Å². The first-order valence-corrected chi connectivity index (χ1v) is 3.30. The van der Waals surface area contributed by atoms with Gasteiger partial charge in [-0.15, -0.1) is 0 Å². The maximum atomic E-state index is 7.70. The van der Waals surface area contributed by atoms with Crippen LogP contribution in [0.4, 0.5) is 0 Å². The number of rotatable bonds is 0. The third-order valence-corrected chi connectivity index (χ3v) is 1.46. The lowest BCUT2D eigenvalue weighted by molar-refractivity contribution is 0.575. The Morgan fingerprint density at radius 2 is 2.60 bits per heavy atom. The minimum Gasteiger partial charge on any atom is -0.250 e. The van der Waals surface area contributed by atoms with Gasteiger partial charge in [0.15, 0.2) is 0 Å². The zero-order valence-electron chi connectivity index (χ0n) is 9.54. The normalized spacial score (nSPS) is 34.0. The van der Waals surface area contributed by atoms with Gasteiger partial charge in [0.2, 0.25) is 0 Å². The summed E-state index contributed by atoms with van der Waals surface area (Å²) in [7, 11) is 0. The topological polar surface area (TPSA) is 30.7 Å². The van der Waals surface area contributed by atoms with Gasteiger partial charge in [0.1, 0.15) is 12.2 Å². The fraction of sp³-hybridized carbons (Fsp3) is 0.714. The van der Waals surface area contributed by atoms with E-state index < -0.39 is 12.9 Å². The van der Waals surface area contributed by atoms with E-state index >= 15 is 0 Å². The third kappa shape index (κ3) is 0.916. The molecule has 0 aromatic carbocycles. The summed E-state index contributed by atoms with van der Waals surface area (Å²) in [6, 6.07) is 0. The van der Waals surface area contributed by atoms with Crippen molar-refractivity contribution in [3.05, 3.63) is 12.2 Å². The van der Waals surface area contributed by atoms with Crippen molar-refractivity contribution in [2.75, 3.05) is 0 Å². The molecule has 1 aromatic heterocycles. The molecule has 0 saturated heterocycles. The van der Waals surface area contributed by atoms with Crippen LogP contribution in [-0.4, -0.2) is 14.8 Å². The molecule has 3 heteroatoms. The van der Waals surface area contributed by atoms with Crippen LogP contribution in [0.3, 0.4) is 0 Å². The van der Waals surface area contributed by atoms with Crippen LogP contribution in [0.15, 0.2) is 6.33 Å². The Morgan fingerprint density at radius 1 is 1.60 bits per heavy atom. The Bertz CT molecular complexity index is 346. The highest BCUT2D eigenvalue weighted by molar-refractivity contribution is 4.86. The number of hydrogen-bond donors (Lipinski definition) is 0.